The molecule has 0 spiro atoms. The topological polar surface area (TPSA) is 105 Å². The molecule has 0 fully saturated rings. The summed E-state index contributed by atoms with van der Waals surface area (Å²) in [6.45, 7) is 7.12. The summed E-state index contributed by atoms with van der Waals surface area (Å²) in [6, 6.07) is 0. The molecule has 0 aliphatic heterocycles. The number of rotatable bonds is 12. The summed E-state index contributed by atoms with van der Waals surface area (Å²) < 4.78 is 19.7. The Bertz CT molecular complexity index is 431. The fourth-order valence-corrected chi connectivity index (χ4v) is 1.64. The van der Waals surface area contributed by atoms with Gasteiger partial charge in [-0.3, -0.25) is 0 Å². The molecule has 26 heavy (non-hydrogen) atoms. The van der Waals surface area contributed by atoms with Crippen molar-refractivity contribution in [2.24, 2.45) is 0 Å². The Balaban J connectivity index is 5.99. The second-order valence-corrected chi connectivity index (χ2v) is 5.29. The minimum Gasteiger partial charge on any atom is -0.462 e. The number of esters is 4. The van der Waals surface area contributed by atoms with Gasteiger partial charge in [-0.2, -0.15) is 0 Å². The second-order valence-electron chi connectivity index (χ2n) is 5.29. The first-order chi connectivity index (χ1) is 12.4. The quantitative estimate of drug-likeness (QED) is 0.169. The van der Waals surface area contributed by atoms with E-state index in [1.165, 1.54) is 0 Å². The van der Waals surface area contributed by atoms with Crippen LogP contribution in [0.4, 0.5) is 0 Å². The van der Waals surface area contributed by atoms with Crippen molar-refractivity contribution >= 4 is 23.9 Å². The first kappa shape index (κ1) is 23.6. The van der Waals surface area contributed by atoms with Crippen LogP contribution in [0.15, 0.2) is 11.1 Å². The predicted octanol–water partition coefficient (Wildman–Crippen LogP) is 2.10. The smallest absolute Gasteiger partial charge is 0.346 e. The van der Waals surface area contributed by atoms with Crippen molar-refractivity contribution in [2.75, 3.05) is 26.4 Å². The molecule has 0 radical (unpaired) electrons. The van der Waals surface area contributed by atoms with E-state index in [0.29, 0.717) is 25.7 Å². The number of hydrogen-bond donors (Lipinski definition) is 0. The van der Waals surface area contributed by atoms with Gasteiger partial charge in [0.05, 0.1) is 26.4 Å². The summed E-state index contributed by atoms with van der Waals surface area (Å²) >= 11 is 0. The van der Waals surface area contributed by atoms with E-state index in [2.05, 4.69) is 0 Å². The molecule has 0 aromatic carbocycles. The molecule has 148 valence electrons. The van der Waals surface area contributed by atoms with Gasteiger partial charge in [-0.1, -0.05) is 27.7 Å². The molecule has 0 N–H and O–H groups in total. The molecule has 0 saturated heterocycles. The predicted molar refractivity (Wildman–Crippen MR) is 92.0 cm³/mol. The van der Waals surface area contributed by atoms with Crippen LogP contribution in [-0.4, -0.2) is 50.3 Å². The van der Waals surface area contributed by atoms with E-state index in [1.54, 1.807) is 27.7 Å². The van der Waals surface area contributed by atoms with Crippen LogP contribution in [0.3, 0.4) is 0 Å². The maximum absolute atomic E-state index is 12.3. The highest BCUT2D eigenvalue weighted by Gasteiger charge is 2.36. The van der Waals surface area contributed by atoms with Gasteiger partial charge in [-0.25, -0.2) is 19.2 Å². The molecular formula is C18H28O8. The lowest BCUT2D eigenvalue weighted by Crippen LogP contribution is -2.29. The zero-order chi connectivity index (χ0) is 19.9. The zero-order valence-corrected chi connectivity index (χ0v) is 15.9. The van der Waals surface area contributed by atoms with Crippen LogP contribution in [0.2, 0.25) is 0 Å². The molecule has 8 heteroatoms. The molecule has 0 rings (SSSR count). The Morgan fingerprint density at radius 1 is 0.462 bits per heavy atom. The van der Waals surface area contributed by atoms with E-state index in [1.807, 2.05) is 0 Å². The van der Waals surface area contributed by atoms with Crippen molar-refractivity contribution in [3.8, 4) is 0 Å². The van der Waals surface area contributed by atoms with Crippen molar-refractivity contribution < 1.29 is 38.1 Å². The van der Waals surface area contributed by atoms with Gasteiger partial charge in [0.15, 0.2) is 11.1 Å². The third-order valence-electron chi connectivity index (χ3n) is 2.82. The first-order valence-corrected chi connectivity index (χ1v) is 8.87. The highest BCUT2D eigenvalue weighted by atomic mass is 16.6. The molecule has 0 unspecified atom stereocenters. The standard InChI is InChI=1S/C18H28O8/c1-5-9-23-15(19)13(16(20)24-10-6-2)14(17(21)25-11-7-3)18(22)26-12-8-4/h5-12H2,1-4H3. The molecule has 0 atom stereocenters. The maximum atomic E-state index is 12.3. The van der Waals surface area contributed by atoms with Gasteiger partial charge in [-0.05, 0) is 25.7 Å². The summed E-state index contributed by atoms with van der Waals surface area (Å²) in [7, 11) is 0. The highest BCUT2D eigenvalue weighted by molar-refractivity contribution is 6.27. The van der Waals surface area contributed by atoms with Crippen LogP contribution < -0.4 is 0 Å². The van der Waals surface area contributed by atoms with E-state index in [0.717, 1.165) is 0 Å². The van der Waals surface area contributed by atoms with Crippen LogP contribution in [0.1, 0.15) is 53.4 Å². The summed E-state index contributed by atoms with van der Waals surface area (Å²) in [5.74, 6) is -4.48. The minimum atomic E-state index is -1.12. The third kappa shape index (κ3) is 8.13. The van der Waals surface area contributed by atoms with Gasteiger partial charge in [0.25, 0.3) is 0 Å². The van der Waals surface area contributed by atoms with Crippen molar-refractivity contribution in [2.45, 2.75) is 53.4 Å². The van der Waals surface area contributed by atoms with Gasteiger partial charge in [0, 0.05) is 0 Å². The van der Waals surface area contributed by atoms with Crippen LogP contribution in [-0.2, 0) is 38.1 Å². The summed E-state index contributed by atoms with van der Waals surface area (Å²) in [5, 5.41) is 0. The van der Waals surface area contributed by atoms with Gasteiger partial charge in [0.1, 0.15) is 0 Å². The van der Waals surface area contributed by atoms with Crippen LogP contribution in [0.25, 0.3) is 0 Å². The molecule has 0 aliphatic rings. The van der Waals surface area contributed by atoms with Crippen LogP contribution >= 0.6 is 0 Å². The monoisotopic (exact) mass is 372 g/mol. The van der Waals surface area contributed by atoms with Crippen molar-refractivity contribution in [3.05, 3.63) is 11.1 Å². The fraction of sp³-hybridized carbons (Fsp3) is 0.667. The maximum Gasteiger partial charge on any atom is 0.346 e. The minimum absolute atomic E-state index is 0.0185. The molecule has 0 saturated carbocycles. The average molecular weight is 372 g/mol. The SMILES string of the molecule is CCCOC(=O)C(C(=O)OCCC)=C(C(=O)OCCC)C(=O)OCCC. The molecule has 0 aromatic heterocycles. The van der Waals surface area contributed by atoms with Crippen LogP contribution in [0, 0.1) is 0 Å². The molecule has 0 heterocycles. The number of carbonyl (C=O) groups is 4. The number of carbonyl (C=O) groups excluding carboxylic acids is 4. The highest BCUT2D eigenvalue weighted by Crippen LogP contribution is 2.15. The molecule has 0 aliphatic carbocycles. The van der Waals surface area contributed by atoms with E-state index >= 15 is 0 Å². The Morgan fingerprint density at radius 2 is 0.654 bits per heavy atom. The lowest BCUT2D eigenvalue weighted by molar-refractivity contribution is -0.153. The van der Waals surface area contributed by atoms with Crippen LogP contribution in [0.5, 0.6) is 0 Å². The second kappa shape index (κ2) is 13.9. The van der Waals surface area contributed by atoms with Crippen molar-refractivity contribution in [1.82, 2.24) is 0 Å². The fourth-order valence-electron chi connectivity index (χ4n) is 1.64. The van der Waals surface area contributed by atoms with Gasteiger partial charge in [0.2, 0.25) is 0 Å². The Hall–Kier alpha value is -2.38. The Kier molecular flexibility index (Phi) is 12.6. The molecular weight excluding hydrogens is 344 g/mol. The molecule has 8 nitrogen and oxygen atoms in total. The van der Waals surface area contributed by atoms with E-state index < -0.39 is 35.0 Å². The summed E-state index contributed by atoms with van der Waals surface area (Å²) in [4.78, 5) is 49.2. The summed E-state index contributed by atoms with van der Waals surface area (Å²) in [5.41, 5.74) is -1.59. The third-order valence-corrected chi connectivity index (χ3v) is 2.82. The van der Waals surface area contributed by atoms with Crippen molar-refractivity contribution in [1.29, 1.82) is 0 Å². The van der Waals surface area contributed by atoms with Gasteiger partial charge < -0.3 is 18.9 Å². The summed E-state index contributed by atoms with van der Waals surface area (Å²) in [6.07, 6.45) is 2.00. The van der Waals surface area contributed by atoms with Crippen molar-refractivity contribution in [3.63, 3.8) is 0 Å². The Morgan fingerprint density at radius 3 is 0.808 bits per heavy atom. The van der Waals surface area contributed by atoms with Gasteiger partial charge >= 0.3 is 23.9 Å². The average Bonchev–Trinajstić information content (AvgIpc) is 2.64. The number of hydrogen-bond acceptors (Lipinski definition) is 8. The lowest BCUT2D eigenvalue weighted by Gasteiger charge is -2.13. The number of ether oxygens (including phenoxy) is 4. The lowest BCUT2D eigenvalue weighted by atomic mass is 10.1. The van der Waals surface area contributed by atoms with E-state index in [9.17, 15) is 19.2 Å². The largest absolute Gasteiger partial charge is 0.462 e. The van der Waals surface area contributed by atoms with E-state index in [4.69, 9.17) is 18.9 Å². The van der Waals surface area contributed by atoms with E-state index in [-0.39, 0.29) is 26.4 Å². The Labute approximate surface area is 153 Å². The molecule has 0 amide bonds. The molecule has 0 bridgehead atoms. The molecule has 0 aromatic rings. The zero-order valence-electron chi connectivity index (χ0n) is 15.9. The first-order valence-electron chi connectivity index (χ1n) is 8.87. The normalized spacial score (nSPS) is 9.85. The van der Waals surface area contributed by atoms with Gasteiger partial charge in [-0.15, -0.1) is 0 Å².